The quantitative estimate of drug-likeness (QED) is 0.0881. The molecule has 0 unspecified atom stereocenters. The van der Waals surface area contributed by atoms with E-state index in [0.29, 0.717) is 0 Å². The number of aromatic nitrogens is 3. The Morgan fingerprint density at radius 1 is 0.378 bits per heavy atom. The molecule has 0 fully saturated rings. The number of hydrogen-bond donors (Lipinski definition) is 0. The van der Waals surface area contributed by atoms with Crippen molar-refractivity contribution in [2.24, 2.45) is 0 Å². The molecule has 0 atom stereocenters. The molecule has 0 N–H and O–H groups in total. The van der Waals surface area contributed by atoms with Gasteiger partial charge in [-0.2, -0.15) is 0 Å². The van der Waals surface area contributed by atoms with Crippen LogP contribution in [0.25, 0.3) is 86.7 Å². The Morgan fingerprint density at radius 3 is 1.33 bits per heavy atom. The van der Waals surface area contributed by atoms with Gasteiger partial charge in [0.1, 0.15) is 0 Å². The van der Waals surface area contributed by atoms with E-state index in [4.69, 9.17) is 4.98 Å². The van der Waals surface area contributed by atoms with E-state index in [2.05, 4.69) is 113 Å². The Bertz CT molecular complexity index is 2360. The van der Waals surface area contributed by atoms with E-state index in [1.54, 1.807) is 0 Å². The molecule has 3 heterocycles. The van der Waals surface area contributed by atoms with Crippen LogP contribution >= 0.6 is 0 Å². The molecule has 0 radical (unpaired) electrons. The molecule has 3 nitrogen and oxygen atoms in total. The van der Waals surface area contributed by atoms with Crippen LogP contribution in [-0.2, 0) is 20.1 Å². The number of pyridine rings is 3. The topological polar surface area (TPSA) is 38.7 Å². The second-order valence-electron chi connectivity index (χ2n) is 11.0. The van der Waals surface area contributed by atoms with Crippen molar-refractivity contribution in [3.63, 3.8) is 0 Å². The van der Waals surface area contributed by atoms with Crippen molar-refractivity contribution < 1.29 is 20.1 Å². The monoisotopic (exact) mass is 749 g/mol. The molecule has 210 valence electrons. The van der Waals surface area contributed by atoms with E-state index in [0.717, 1.165) is 75.9 Å². The summed E-state index contributed by atoms with van der Waals surface area (Å²) in [5, 5.41) is 13.5. The van der Waals surface area contributed by atoms with Crippen molar-refractivity contribution in [3.8, 4) is 0 Å². The van der Waals surface area contributed by atoms with Gasteiger partial charge in [-0.25, -0.2) is 0 Å². The number of nitrogens with zero attached hydrogens (tertiary/aromatic N) is 3. The number of fused-ring (bicyclic) bond motifs is 12. The third kappa shape index (κ3) is 4.58. The van der Waals surface area contributed by atoms with Crippen LogP contribution in [0.3, 0.4) is 0 Å². The van der Waals surface area contributed by atoms with Crippen molar-refractivity contribution in [1.82, 2.24) is 15.0 Å². The first-order valence-electron chi connectivity index (χ1n) is 14.6. The summed E-state index contributed by atoms with van der Waals surface area (Å²) in [6, 6.07) is 51.9. The molecule has 45 heavy (non-hydrogen) atoms. The molecule has 7 aromatic carbocycles. The van der Waals surface area contributed by atoms with E-state index < -0.39 is 0 Å². The fourth-order valence-electron chi connectivity index (χ4n) is 6.26. The first-order chi connectivity index (χ1) is 21.8. The average Bonchev–Trinajstić information content (AvgIpc) is 3.10. The molecule has 4 heteroatoms. The molecule has 0 saturated carbocycles. The van der Waals surface area contributed by atoms with Crippen LogP contribution in [-0.4, -0.2) is 15.0 Å². The largest absolute Gasteiger partial charge is 3.00 e. The fraction of sp³-hybridized carbons (Fsp3) is 0. The van der Waals surface area contributed by atoms with Crippen LogP contribution in [0.5, 0.6) is 0 Å². The minimum atomic E-state index is 0. The summed E-state index contributed by atoms with van der Waals surface area (Å²) >= 11 is 0. The van der Waals surface area contributed by atoms with Crippen LogP contribution in [0.4, 0.5) is 0 Å². The Hall–Kier alpha value is -5.28. The van der Waals surface area contributed by atoms with Crippen LogP contribution < -0.4 is 0 Å². The first kappa shape index (κ1) is 27.3. The van der Waals surface area contributed by atoms with Gasteiger partial charge in [0.25, 0.3) is 0 Å². The predicted molar refractivity (Wildman–Crippen MR) is 183 cm³/mol. The molecular formula is C41H22IrN3. The van der Waals surface area contributed by atoms with E-state index in [1.165, 1.54) is 10.8 Å². The molecule has 0 amide bonds. The molecule has 0 aliphatic heterocycles. The Morgan fingerprint density at radius 2 is 0.800 bits per heavy atom. The summed E-state index contributed by atoms with van der Waals surface area (Å²) in [4.78, 5) is 14.1. The van der Waals surface area contributed by atoms with Crippen molar-refractivity contribution in [2.45, 2.75) is 0 Å². The average molecular weight is 749 g/mol. The second-order valence-corrected chi connectivity index (χ2v) is 11.0. The molecular weight excluding hydrogens is 727 g/mol. The van der Waals surface area contributed by atoms with Gasteiger partial charge in [-0.05, 0) is 44.7 Å². The summed E-state index contributed by atoms with van der Waals surface area (Å²) in [5.41, 5.74) is 4.01. The minimum absolute atomic E-state index is 0. The van der Waals surface area contributed by atoms with E-state index in [9.17, 15) is 0 Å². The summed E-state index contributed by atoms with van der Waals surface area (Å²) < 4.78 is 0. The zero-order valence-corrected chi connectivity index (χ0v) is 26.3. The molecule has 3 aromatic heterocycles. The van der Waals surface area contributed by atoms with Gasteiger partial charge in [-0.1, -0.05) is 88.3 Å². The third-order valence-corrected chi connectivity index (χ3v) is 8.39. The van der Waals surface area contributed by atoms with Gasteiger partial charge in [0, 0.05) is 23.4 Å². The number of benzene rings is 7. The fourth-order valence-corrected chi connectivity index (χ4v) is 6.26. The smallest absolute Gasteiger partial charge is 0.344 e. The molecule has 10 rings (SSSR count). The zero-order valence-electron chi connectivity index (χ0n) is 23.9. The number of rotatable bonds is 0. The van der Waals surface area contributed by atoms with Gasteiger partial charge in [-0.3, -0.25) is 9.97 Å². The summed E-state index contributed by atoms with van der Waals surface area (Å²) in [6.07, 6.45) is 3.67. The molecule has 0 aliphatic rings. The first-order valence-corrected chi connectivity index (χ1v) is 14.6. The van der Waals surface area contributed by atoms with Crippen LogP contribution in [0.1, 0.15) is 0 Å². The van der Waals surface area contributed by atoms with Crippen LogP contribution in [0.2, 0.25) is 0 Å². The maximum absolute atomic E-state index is 4.97. The van der Waals surface area contributed by atoms with E-state index in [1.807, 2.05) is 48.8 Å². The Labute approximate surface area is 272 Å². The molecule has 10 aromatic rings. The second kappa shape index (κ2) is 11.0. The third-order valence-electron chi connectivity index (χ3n) is 8.39. The van der Waals surface area contributed by atoms with E-state index >= 15 is 0 Å². The predicted octanol–water partition coefficient (Wildman–Crippen LogP) is 10.2. The normalized spacial score (nSPS) is 11.4. The maximum atomic E-state index is 4.97. The summed E-state index contributed by atoms with van der Waals surface area (Å²) in [7, 11) is 0. The summed E-state index contributed by atoms with van der Waals surface area (Å²) in [6.45, 7) is 0. The maximum Gasteiger partial charge on any atom is 3.00 e. The van der Waals surface area contributed by atoms with Crippen molar-refractivity contribution in [3.05, 3.63) is 152 Å². The van der Waals surface area contributed by atoms with Gasteiger partial charge < -0.3 is 4.98 Å². The zero-order chi connectivity index (χ0) is 29.0. The van der Waals surface area contributed by atoms with Gasteiger partial charge in [-0.15, -0.1) is 82.2 Å². The molecule has 0 spiro atoms. The molecule has 0 saturated heterocycles. The summed E-state index contributed by atoms with van der Waals surface area (Å²) in [5.74, 6) is 0. The van der Waals surface area contributed by atoms with Gasteiger partial charge in [0.05, 0.1) is 0 Å². The van der Waals surface area contributed by atoms with Gasteiger partial charge in [0.2, 0.25) is 0 Å². The molecule has 0 bridgehead atoms. The van der Waals surface area contributed by atoms with E-state index in [-0.39, 0.29) is 20.1 Å². The molecule has 0 aliphatic carbocycles. The van der Waals surface area contributed by atoms with Crippen molar-refractivity contribution in [1.29, 1.82) is 0 Å². The SMILES string of the molecule is [Ir+3].[c-]1c2c(ccc3cccnc32)cc2ccc3cccnc3c12.[c-]1cccc2ccc3cc4ccc5ccc[c-]c5c4nc3c12. The minimum Gasteiger partial charge on any atom is -0.344 e. The standard InChI is InChI=1S/C21H11N.C20H11N2.Ir/c1-3-7-18-14(5-1)9-11-16-13-17-12-10-15-6-2-4-8-19(15)21(17)22-20(16)18;1-3-13-5-7-15-11-16-8-6-14-4-2-10-22-20(14)18(16)12-17(15)19(13)21-9-1;/h1-6,9-13H;1-11H;/q-2;-1;+3. The van der Waals surface area contributed by atoms with Gasteiger partial charge in [0.15, 0.2) is 0 Å². The Kier molecular flexibility index (Phi) is 6.68. The van der Waals surface area contributed by atoms with Gasteiger partial charge >= 0.3 is 20.1 Å². The van der Waals surface area contributed by atoms with Crippen molar-refractivity contribution in [2.75, 3.05) is 0 Å². The number of hydrogen-bond acceptors (Lipinski definition) is 3. The van der Waals surface area contributed by atoms with Crippen molar-refractivity contribution >= 4 is 86.7 Å². The van der Waals surface area contributed by atoms with Crippen LogP contribution in [0.15, 0.2) is 134 Å². The Balaban J connectivity index is 0.000000131. The van der Waals surface area contributed by atoms with Crippen LogP contribution in [0, 0.1) is 18.2 Å².